The Labute approximate surface area is 140 Å². The van der Waals surface area contributed by atoms with Gasteiger partial charge in [-0.15, -0.1) is 0 Å². The van der Waals surface area contributed by atoms with Gasteiger partial charge in [-0.3, -0.25) is 4.90 Å². The Kier molecular flexibility index (Phi) is 5.13. The smallest absolute Gasteiger partial charge is 0.327 e. The van der Waals surface area contributed by atoms with Gasteiger partial charge in [-0.25, -0.2) is 9.78 Å². The molecule has 5 nitrogen and oxygen atoms in total. The summed E-state index contributed by atoms with van der Waals surface area (Å²) in [6.07, 6.45) is 7.05. The van der Waals surface area contributed by atoms with E-state index in [-0.39, 0.29) is 12.0 Å². The topological polar surface area (TPSA) is 47.4 Å². The molecule has 0 N–H and O–H groups in total. The molecular weight excluding hydrogens is 310 g/mol. The fourth-order valence-corrected chi connectivity index (χ4v) is 4.11. The molecule has 3 rings (SSSR count). The normalized spacial score (nSPS) is 20.3. The van der Waals surface area contributed by atoms with Crippen LogP contribution in [0, 0.1) is 0 Å². The summed E-state index contributed by atoms with van der Waals surface area (Å²) in [5.74, 6) is 0.937. The van der Waals surface area contributed by atoms with Gasteiger partial charge in [-0.1, -0.05) is 6.92 Å². The minimum Gasteiger partial charge on any atom is -0.468 e. The summed E-state index contributed by atoms with van der Waals surface area (Å²) in [5.41, 5.74) is 1.03. The van der Waals surface area contributed by atoms with Crippen LogP contribution in [0.3, 0.4) is 0 Å². The van der Waals surface area contributed by atoms with Crippen molar-refractivity contribution in [1.29, 1.82) is 0 Å². The van der Waals surface area contributed by atoms with E-state index in [1.807, 2.05) is 23.0 Å². The maximum Gasteiger partial charge on any atom is 0.327 e. The second-order valence-electron chi connectivity index (χ2n) is 5.88. The number of methoxy groups -OCH3 is 1. The summed E-state index contributed by atoms with van der Waals surface area (Å²) in [5, 5.41) is 4.05. The molecule has 0 aliphatic carbocycles. The molecule has 1 saturated heterocycles. The average Bonchev–Trinajstić information content (AvgIpc) is 3.26. The van der Waals surface area contributed by atoms with Crippen molar-refractivity contribution in [3.63, 3.8) is 0 Å². The number of imidazole rings is 1. The van der Waals surface area contributed by atoms with Crippen LogP contribution in [0.5, 0.6) is 0 Å². The van der Waals surface area contributed by atoms with E-state index in [0.717, 1.165) is 43.7 Å². The molecule has 2 unspecified atom stereocenters. The van der Waals surface area contributed by atoms with Crippen molar-refractivity contribution in [2.45, 2.75) is 38.3 Å². The lowest BCUT2D eigenvalue weighted by molar-refractivity contribution is -0.148. The molecular formula is C17H23N3O2S. The van der Waals surface area contributed by atoms with Crippen LogP contribution in [0.1, 0.15) is 43.2 Å². The van der Waals surface area contributed by atoms with Gasteiger partial charge in [-0.05, 0) is 41.8 Å². The summed E-state index contributed by atoms with van der Waals surface area (Å²) in [4.78, 5) is 19.0. The van der Waals surface area contributed by atoms with Crippen molar-refractivity contribution in [2.24, 2.45) is 0 Å². The van der Waals surface area contributed by atoms with Crippen LogP contribution in [0.15, 0.2) is 29.2 Å². The zero-order chi connectivity index (χ0) is 16.2. The van der Waals surface area contributed by atoms with Crippen molar-refractivity contribution in [2.75, 3.05) is 20.2 Å². The fraction of sp³-hybridized carbons (Fsp3) is 0.529. The van der Waals surface area contributed by atoms with Crippen molar-refractivity contribution in [3.05, 3.63) is 40.6 Å². The zero-order valence-corrected chi connectivity index (χ0v) is 14.5. The SMILES string of the molecule is CCc1nccn1C1CCCN(C(C(=O)OC)c2ccsc2)C1. The Morgan fingerprint density at radius 2 is 2.43 bits per heavy atom. The van der Waals surface area contributed by atoms with Crippen LogP contribution in [0.4, 0.5) is 0 Å². The van der Waals surface area contributed by atoms with Gasteiger partial charge in [0, 0.05) is 31.4 Å². The minimum absolute atomic E-state index is 0.176. The lowest BCUT2D eigenvalue weighted by atomic mass is 10.0. The van der Waals surface area contributed by atoms with Crippen molar-refractivity contribution >= 4 is 17.3 Å². The third-order valence-corrected chi connectivity index (χ3v) is 5.24. The van der Waals surface area contributed by atoms with E-state index < -0.39 is 0 Å². The quantitative estimate of drug-likeness (QED) is 0.789. The monoisotopic (exact) mass is 333 g/mol. The van der Waals surface area contributed by atoms with E-state index >= 15 is 0 Å². The molecule has 0 saturated carbocycles. The molecule has 2 aromatic rings. The van der Waals surface area contributed by atoms with Gasteiger partial charge < -0.3 is 9.30 Å². The first-order valence-corrected chi connectivity index (χ1v) is 9.04. The zero-order valence-electron chi connectivity index (χ0n) is 13.6. The lowest BCUT2D eigenvalue weighted by Gasteiger charge is -2.37. The van der Waals surface area contributed by atoms with E-state index in [1.165, 1.54) is 7.11 Å². The number of esters is 1. The van der Waals surface area contributed by atoms with E-state index in [4.69, 9.17) is 4.74 Å². The Morgan fingerprint density at radius 3 is 3.13 bits per heavy atom. The lowest BCUT2D eigenvalue weighted by Crippen LogP contribution is -2.42. The van der Waals surface area contributed by atoms with E-state index in [2.05, 4.69) is 27.6 Å². The van der Waals surface area contributed by atoms with Crippen molar-refractivity contribution < 1.29 is 9.53 Å². The van der Waals surface area contributed by atoms with Gasteiger partial charge in [-0.2, -0.15) is 11.3 Å². The number of piperidine rings is 1. The second-order valence-corrected chi connectivity index (χ2v) is 6.66. The summed E-state index contributed by atoms with van der Waals surface area (Å²) in [7, 11) is 1.47. The molecule has 1 fully saturated rings. The number of aryl methyl sites for hydroxylation is 1. The summed E-state index contributed by atoms with van der Waals surface area (Å²) < 4.78 is 7.34. The highest BCUT2D eigenvalue weighted by Gasteiger charge is 2.33. The number of carbonyl (C=O) groups is 1. The molecule has 3 heterocycles. The molecule has 1 aliphatic heterocycles. The van der Waals surface area contributed by atoms with E-state index in [9.17, 15) is 4.79 Å². The largest absolute Gasteiger partial charge is 0.468 e. The molecule has 0 spiro atoms. The maximum atomic E-state index is 12.3. The van der Waals surface area contributed by atoms with Crippen LogP contribution >= 0.6 is 11.3 Å². The fourth-order valence-electron chi connectivity index (χ4n) is 3.43. The summed E-state index contributed by atoms with van der Waals surface area (Å²) >= 11 is 1.61. The van der Waals surface area contributed by atoms with Gasteiger partial charge in [0.15, 0.2) is 0 Å². The number of rotatable bonds is 5. The summed E-state index contributed by atoms with van der Waals surface area (Å²) in [6.45, 7) is 3.89. The van der Waals surface area contributed by atoms with E-state index in [0.29, 0.717) is 6.04 Å². The molecule has 23 heavy (non-hydrogen) atoms. The predicted molar refractivity (Wildman–Crippen MR) is 90.5 cm³/mol. The molecule has 1 aliphatic rings. The van der Waals surface area contributed by atoms with Gasteiger partial charge in [0.2, 0.25) is 0 Å². The van der Waals surface area contributed by atoms with Crippen LogP contribution in [-0.2, 0) is 16.0 Å². The highest BCUT2D eigenvalue weighted by atomic mass is 32.1. The number of hydrogen-bond acceptors (Lipinski definition) is 5. The van der Waals surface area contributed by atoms with Crippen molar-refractivity contribution in [1.82, 2.24) is 14.5 Å². The second kappa shape index (κ2) is 7.27. The molecule has 0 aromatic carbocycles. The number of ether oxygens (including phenoxy) is 1. The highest BCUT2D eigenvalue weighted by Crippen LogP contribution is 2.31. The van der Waals surface area contributed by atoms with E-state index in [1.54, 1.807) is 11.3 Å². The number of carbonyl (C=O) groups excluding carboxylic acids is 1. The van der Waals surface area contributed by atoms with Crippen LogP contribution in [0.25, 0.3) is 0 Å². The first kappa shape index (κ1) is 16.2. The Hall–Kier alpha value is -1.66. The first-order chi connectivity index (χ1) is 11.2. The van der Waals surface area contributed by atoms with Crippen molar-refractivity contribution in [3.8, 4) is 0 Å². The Morgan fingerprint density at radius 1 is 1.57 bits per heavy atom. The Bertz CT molecular complexity index is 638. The minimum atomic E-state index is -0.303. The molecule has 0 bridgehead atoms. The maximum absolute atomic E-state index is 12.3. The van der Waals surface area contributed by atoms with Gasteiger partial charge in [0.1, 0.15) is 11.9 Å². The standard InChI is InChI=1S/C17H23N3O2S/c1-3-15-18-7-9-20(15)14-5-4-8-19(11-14)16(17(21)22-2)13-6-10-23-12-13/h6-7,9-10,12,14,16H,3-5,8,11H2,1-2H3. The van der Waals surface area contributed by atoms with Gasteiger partial charge in [0.25, 0.3) is 0 Å². The third kappa shape index (κ3) is 3.33. The summed E-state index contributed by atoms with van der Waals surface area (Å²) in [6, 6.07) is 2.08. The van der Waals surface area contributed by atoms with Gasteiger partial charge in [0.05, 0.1) is 7.11 Å². The van der Waals surface area contributed by atoms with Crippen LogP contribution in [-0.4, -0.2) is 40.6 Å². The third-order valence-electron chi connectivity index (χ3n) is 4.53. The van der Waals surface area contributed by atoms with Gasteiger partial charge >= 0.3 is 5.97 Å². The molecule has 2 aromatic heterocycles. The number of thiophene rings is 1. The molecule has 124 valence electrons. The van der Waals surface area contributed by atoms with Crippen LogP contribution in [0.2, 0.25) is 0 Å². The molecule has 2 atom stereocenters. The average molecular weight is 333 g/mol. The number of likely N-dealkylation sites (tertiary alicyclic amines) is 1. The predicted octanol–water partition coefficient (Wildman–Crippen LogP) is 3.06. The molecule has 0 radical (unpaired) electrons. The number of aromatic nitrogens is 2. The molecule has 0 amide bonds. The molecule has 6 heteroatoms. The number of nitrogens with zero attached hydrogens (tertiary/aromatic N) is 3. The highest BCUT2D eigenvalue weighted by molar-refractivity contribution is 7.08. The Balaban J connectivity index is 1.82. The first-order valence-electron chi connectivity index (χ1n) is 8.10. The van der Waals surface area contributed by atoms with Crippen LogP contribution < -0.4 is 0 Å². The number of hydrogen-bond donors (Lipinski definition) is 0.